The number of carbonyl (C=O) groups excluding carboxylic acids is 2. The smallest absolute Gasteiger partial charge is 0.271 e. The molecule has 132 valence electrons. The number of hydrazine groups is 1. The molecule has 0 spiro atoms. The van der Waals surface area contributed by atoms with Gasteiger partial charge < -0.3 is 9.47 Å². The third-order valence-corrected chi connectivity index (χ3v) is 3.63. The molecule has 0 aliphatic heterocycles. The Morgan fingerprint density at radius 1 is 1.04 bits per heavy atom. The van der Waals surface area contributed by atoms with Gasteiger partial charge in [0.2, 0.25) is 0 Å². The number of amides is 2. The number of hydrogen-bond acceptors (Lipinski definition) is 4. The molecule has 0 aliphatic carbocycles. The highest BCUT2D eigenvalue weighted by Gasteiger charge is 2.14. The Kier molecular flexibility index (Phi) is 6.65. The van der Waals surface area contributed by atoms with Crippen molar-refractivity contribution >= 4 is 23.4 Å². The number of carbonyl (C=O) groups is 2. The molecule has 2 amide bonds. The first kappa shape index (κ1) is 18.6. The van der Waals surface area contributed by atoms with Crippen molar-refractivity contribution in [1.29, 1.82) is 0 Å². The molecule has 0 aliphatic rings. The highest BCUT2D eigenvalue weighted by atomic mass is 35.5. The molecule has 0 radical (unpaired) electrons. The van der Waals surface area contributed by atoms with Gasteiger partial charge in [-0.2, -0.15) is 0 Å². The van der Waals surface area contributed by atoms with E-state index in [1.165, 1.54) is 7.11 Å². The van der Waals surface area contributed by atoms with Gasteiger partial charge in [0.15, 0.2) is 11.5 Å². The van der Waals surface area contributed by atoms with Crippen LogP contribution in [0.1, 0.15) is 34.1 Å². The van der Waals surface area contributed by atoms with Gasteiger partial charge in [-0.05, 0) is 36.8 Å². The molecule has 2 aromatic rings. The summed E-state index contributed by atoms with van der Waals surface area (Å²) in [6.45, 7) is 2.55. The zero-order valence-electron chi connectivity index (χ0n) is 14.0. The van der Waals surface area contributed by atoms with Crippen LogP contribution in [0, 0.1) is 0 Å². The largest absolute Gasteiger partial charge is 0.493 e. The lowest BCUT2D eigenvalue weighted by Crippen LogP contribution is -2.41. The molecule has 0 bridgehead atoms. The molecule has 2 rings (SSSR count). The third kappa shape index (κ3) is 4.87. The monoisotopic (exact) mass is 362 g/mol. The molecule has 0 atom stereocenters. The van der Waals surface area contributed by atoms with Crippen molar-refractivity contribution in [2.45, 2.75) is 13.3 Å². The van der Waals surface area contributed by atoms with Crippen LogP contribution in [0.5, 0.6) is 11.5 Å². The minimum absolute atomic E-state index is 0.269. The maximum absolute atomic E-state index is 12.2. The van der Waals surface area contributed by atoms with Gasteiger partial charge in [-0.1, -0.05) is 30.7 Å². The Bertz CT molecular complexity index is 764. The average molecular weight is 363 g/mol. The molecule has 0 fully saturated rings. The minimum Gasteiger partial charge on any atom is -0.493 e. The predicted molar refractivity (Wildman–Crippen MR) is 95.2 cm³/mol. The molecule has 7 heteroatoms. The second-order valence-electron chi connectivity index (χ2n) is 5.10. The Morgan fingerprint density at radius 3 is 2.44 bits per heavy atom. The van der Waals surface area contributed by atoms with E-state index in [0.717, 1.165) is 6.42 Å². The Hall–Kier alpha value is -2.73. The van der Waals surface area contributed by atoms with Gasteiger partial charge in [-0.15, -0.1) is 0 Å². The lowest BCUT2D eigenvalue weighted by atomic mass is 10.2. The van der Waals surface area contributed by atoms with Gasteiger partial charge in [0.05, 0.1) is 24.3 Å². The van der Waals surface area contributed by atoms with Crippen molar-refractivity contribution in [3.8, 4) is 11.5 Å². The van der Waals surface area contributed by atoms with Crippen LogP contribution in [0.15, 0.2) is 42.5 Å². The highest BCUT2D eigenvalue weighted by Crippen LogP contribution is 2.28. The fourth-order valence-electron chi connectivity index (χ4n) is 2.04. The number of methoxy groups -OCH3 is 1. The van der Waals surface area contributed by atoms with E-state index in [1.807, 2.05) is 6.92 Å². The van der Waals surface area contributed by atoms with E-state index in [4.69, 9.17) is 21.1 Å². The van der Waals surface area contributed by atoms with Crippen LogP contribution in [0.3, 0.4) is 0 Å². The average Bonchev–Trinajstić information content (AvgIpc) is 2.64. The zero-order chi connectivity index (χ0) is 18.2. The van der Waals surface area contributed by atoms with Gasteiger partial charge in [0.1, 0.15) is 0 Å². The van der Waals surface area contributed by atoms with Crippen LogP contribution in [0.25, 0.3) is 0 Å². The summed E-state index contributed by atoms with van der Waals surface area (Å²) in [5.74, 6) is 0.00842. The molecule has 6 nitrogen and oxygen atoms in total. The molecular weight excluding hydrogens is 344 g/mol. The maximum Gasteiger partial charge on any atom is 0.271 e. The summed E-state index contributed by atoms with van der Waals surface area (Å²) in [6, 6.07) is 11.3. The van der Waals surface area contributed by atoms with E-state index in [1.54, 1.807) is 42.5 Å². The number of ether oxygens (including phenoxy) is 2. The molecule has 0 saturated heterocycles. The van der Waals surface area contributed by atoms with Crippen LogP contribution in [0.4, 0.5) is 0 Å². The van der Waals surface area contributed by atoms with Crippen LogP contribution in [-0.4, -0.2) is 25.5 Å². The Morgan fingerprint density at radius 2 is 1.76 bits per heavy atom. The summed E-state index contributed by atoms with van der Waals surface area (Å²) in [5, 5.41) is 0.299. The third-order valence-electron chi connectivity index (χ3n) is 3.30. The minimum atomic E-state index is -0.506. The molecule has 2 aromatic carbocycles. The second-order valence-corrected chi connectivity index (χ2v) is 5.51. The van der Waals surface area contributed by atoms with E-state index in [0.29, 0.717) is 28.7 Å². The molecule has 2 N–H and O–H groups in total. The van der Waals surface area contributed by atoms with Crippen LogP contribution < -0.4 is 20.3 Å². The van der Waals surface area contributed by atoms with E-state index < -0.39 is 11.8 Å². The van der Waals surface area contributed by atoms with E-state index >= 15 is 0 Å². The second kappa shape index (κ2) is 8.94. The maximum atomic E-state index is 12.2. The lowest BCUT2D eigenvalue weighted by molar-refractivity contribution is 0.0846. The zero-order valence-corrected chi connectivity index (χ0v) is 14.7. The summed E-state index contributed by atoms with van der Waals surface area (Å²) in [5.41, 5.74) is 5.26. The molecule has 0 saturated carbocycles. The number of nitrogens with one attached hydrogen (secondary N) is 2. The van der Waals surface area contributed by atoms with Gasteiger partial charge in [0, 0.05) is 5.56 Å². The number of hydrogen-bond donors (Lipinski definition) is 2. The van der Waals surface area contributed by atoms with Crippen molar-refractivity contribution in [2.24, 2.45) is 0 Å². The first-order valence-corrected chi connectivity index (χ1v) is 8.10. The van der Waals surface area contributed by atoms with Gasteiger partial charge in [-0.3, -0.25) is 20.4 Å². The van der Waals surface area contributed by atoms with Gasteiger partial charge in [-0.25, -0.2) is 0 Å². The summed E-state index contributed by atoms with van der Waals surface area (Å²) >= 11 is 5.95. The Balaban J connectivity index is 2.03. The van der Waals surface area contributed by atoms with Crippen molar-refractivity contribution in [1.82, 2.24) is 10.9 Å². The van der Waals surface area contributed by atoms with Crippen molar-refractivity contribution < 1.29 is 19.1 Å². The quantitative estimate of drug-likeness (QED) is 0.773. The predicted octanol–water partition coefficient (Wildman–Crippen LogP) is 3.21. The fraction of sp³-hybridized carbons (Fsp3) is 0.222. The highest BCUT2D eigenvalue weighted by molar-refractivity contribution is 6.33. The summed E-state index contributed by atoms with van der Waals surface area (Å²) in [4.78, 5) is 24.2. The van der Waals surface area contributed by atoms with Gasteiger partial charge >= 0.3 is 0 Å². The van der Waals surface area contributed by atoms with E-state index in [2.05, 4.69) is 10.9 Å². The summed E-state index contributed by atoms with van der Waals surface area (Å²) < 4.78 is 10.8. The molecule has 0 heterocycles. The number of benzene rings is 2. The van der Waals surface area contributed by atoms with Gasteiger partial charge in [0.25, 0.3) is 11.8 Å². The number of rotatable bonds is 6. The summed E-state index contributed by atoms with van der Waals surface area (Å²) in [7, 11) is 1.50. The first-order chi connectivity index (χ1) is 12.1. The number of halogens is 1. The fourth-order valence-corrected chi connectivity index (χ4v) is 2.26. The first-order valence-electron chi connectivity index (χ1n) is 7.72. The van der Waals surface area contributed by atoms with Crippen molar-refractivity contribution in [2.75, 3.05) is 13.7 Å². The molecule has 0 aromatic heterocycles. The standard InChI is InChI=1S/C18H19ClN2O4/c1-3-10-25-15-9-8-12(11-16(15)24-2)17(22)20-21-18(23)13-6-4-5-7-14(13)19/h4-9,11H,3,10H2,1-2H3,(H,20,22)(H,21,23). The molecular formula is C18H19ClN2O4. The van der Waals surface area contributed by atoms with Crippen molar-refractivity contribution in [3.05, 3.63) is 58.6 Å². The topological polar surface area (TPSA) is 76.7 Å². The Labute approximate surface area is 151 Å². The molecule has 0 unspecified atom stereocenters. The molecule has 25 heavy (non-hydrogen) atoms. The van der Waals surface area contributed by atoms with E-state index in [9.17, 15) is 9.59 Å². The van der Waals surface area contributed by atoms with Crippen LogP contribution >= 0.6 is 11.6 Å². The van der Waals surface area contributed by atoms with Crippen LogP contribution in [0.2, 0.25) is 5.02 Å². The lowest BCUT2D eigenvalue weighted by Gasteiger charge is -2.12. The SMILES string of the molecule is CCCOc1ccc(C(=O)NNC(=O)c2ccccc2Cl)cc1OC. The normalized spacial score (nSPS) is 10.0. The van der Waals surface area contributed by atoms with E-state index in [-0.39, 0.29) is 5.56 Å². The summed E-state index contributed by atoms with van der Waals surface area (Å²) in [6.07, 6.45) is 0.861. The van der Waals surface area contributed by atoms with Crippen LogP contribution in [-0.2, 0) is 0 Å². The van der Waals surface area contributed by atoms with Crippen molar-refractivity contribution in [3.63, 3.8) is 0 Å².